The van der Waals surface area contributed by atoms with E-state index in [-0.39, 0.29) is 23.3 Å². The first-order chi connectivity index (χ1) is 13.2. The van der Waals surface area contributed by atoms with Gasteiger partial charge >= 0.3 is 0 Å². The zero-order chi connectivity index (χ0) is 18.6. The lowest BCUT2D eigenvalue weighted by molar-refractivity contribution is 0.483. The average molecular weight is 408 g/mol. The molecule has 140 valence electrons. The van der Waals surface area contributed by atoms with Crippen LogP contribution in [0.5, 0.6) is 5.75 Å². The van der Waals surface area contributed by atoms with Crippen LogP contribution < -0.4 is 0 Å². The van der Waals surface area contributed by atoms with E-state index in [0.717, 1.165) is 27.1 Å². The molecular weight excluding hydrogens is 390 g/mol. The molecule has 4 aromatic rings. The Labute approximate surface area is 173 Å². The first-order valence-electron chi connectivity index (χ1n) is 8.53. The second kappa shape index (κ2) is 8.87. The Balaban J connectivity index is 0.00000225. The summed E-state index contributed by atoms with van der Waals surface area (Å²) in [5.74, 6) is 0.747. The quantitative estimate of drug-likeness (QED) is 0.165. The van der Waals surface area contributed by atoms with Gasteiger partial charge in [-0.2, -0.15) is 0 Å². The van der Waals surface area contributed by atoms with Crippen molar-refractivity contribution in [3.63, 3.8) is 0 Å². The van der Waals surface area contributed by atoms with Gasteiger partial charge in [0.1, 0.15) is 5.69 Å². The fourth-order valence-corrected chi connectivity index (χ4v) is 3.65. The minimum Gasteiger partial charge on any atom is -0.505 e. The smallest absolute Gasteiger partial charge is 0.202 e. The van der Waals surface area contributed by atoms with Gasteiger partial charge in [-0.15, -0.1) is 22.6 Å². The van der Waals surface area contributed by atoms with E-state index in [1.807, 2.05) is 78.9 Å². The van der Waals surface area contributed by atoms with Gasteiger partial charge in [-0.3, -0.25) is 5.41 Å². The topological polar surface area (TPSA) is 68.8 Å². The number of fused-ring (bicyclic) bond motifs is 3. The molecule has 0 heterocycles. The van der Waals surface area contributed by atoms with Crippen molar-refractivity contribution >= 4 is 56.6 Å². The van der Waals surface area contributed by atoms with Crippen LogP contribution >= 0.6 is 24.2 Å². The largest absolute Gasteiger partial charge is 0.505 e. The lowest BCUT2D eigenvalue weighted by Crippen LogP contribution is -1.86. The highest BCUT2D eigenvalue weighted by Gasteiger charge is 2.13. The summed E-state index contributed by atoms with van der Waals surface area (Å²) in [6.07, 6.45) is 0. The van der Waals surface area contributed by atoms with Gasteiger partial charge in [0.25, 0.3) is 0 Å². The summed E-state index contributed by atoms with van der Waals surface area (Å²) in [7, 11) is 0. The molecule has 0 aliphatic rings. The molecule has 4 aromatic carbocycles. The number of azo groups is 1. The monoisotopic (exact) mass is 407 g/mol. The van der Waals surface area contributed by atoms with E-state index in [0.29, 0.717) is 11.4 Å². The SMILES string of the molecule is Cl.N=C(N=Nc1c(O)c2ccccc2c2ccccc12)SCc1ccccc1. The number of amidine groups is 1. The molecule has 0 amide bonds. The van der Waals surface area contributed by atoms with Crippen LogP contribution in [0.2, 0.25) is 0 Å². The molecule has 4 nitrogen and oxygen atoms in total. The molecular formula is C22H18ClN3OS. The fraction of sp³-hybridized carbons (Fsp3) is 0.0455. The Morgan fingerprint density at radius 3 is 2.00 bits per heavy atom. The van der Waals surface area contributed by atoms with Gasteiger partial charge in [0, 0.05) is 16.5 Å². The van der Waals surface area contributed by atoms with E-state index in [2.05, 4.69) is 10.2 Å². The highest BCUT2D eigenvalue weighted by molar-refractivity contribution is 8.13. The van der Waals surface area contributed by atoms with E-state index in [9.17, 15) is 5.11 Å². The normalized spacial score (nSPS) is 11.0. The van der Waals surface area contributed by atoms with Gasteiger partial charge in [-0.05, 0) is 16.3 Å². The Bertz CT molecular complexity index is 1160. The number of hydrogen-bond acceptors (Lipinski definition) is 4. The summed E-state index contributed by atoms with van der Waals surface area (Å²) in [6, 6.07) is 25.4. The number of hydrogen-bond donors (Lipinski definition) is 2. The fourth-order valence-electron chi connectivity index (χ4n) is 3.06. The molecule has 6 heteroatoms. The van der Waals surface area contributed by atoms with Crippen molar-refractivity contribution in [2.45, 2.75) is 5.75 Å². The summed E-state index contributed by atoms with van der Waals surface area (Å²) in [5.41, 5.74) is 1.52. The van der Waals surface area contributed by atoms with Crippen LogP contribution in [-0.2, 0) is 5.75 Å². The van der Waals surface area contributed by atoms with Crippen molar-refractivity contribution < 1.29 is 5.11 Å². The van der Waals surface area contributed by atoms with Crippen molar-refractivity contribution in [1.29, 1.82) is 5.41 Å². The summed E-state index contributed by atoms with van der Waals surface area (Å²) < 4.78 is 0. The van der Waals surface area contributed by atoms with Crippen LogP contribution in [0.25, 0.3) is 21.5 Å². The molecule has 2 N–H and O–H groups in total. The number of halogens is 1. The summed E-state index contributed by atoms with van der Waals surface area (Å²) >= 11 is 1.30. The van der Waals surface area contributed by atoms with Crippen molar-refractivity contribution in [2.75, 3.05) is 0 Å². The minimum atomic E-state index is 0. The Hall–Kier alpha value is -2.89. The second-order valence-corrected chi connectivity index (χ2v) is 7.03. The zero-order valence-corrected chi connectivity index (χ0v) is 16.5. The van der Waals surface area contributed by atoms with Gasteiger partial charge in [-0.25, -0.2) is 0 Å². The van der Waals surface area contributed by atoms with Crippen LogP contribution in [0, 0.1) is 5.41 Å². The molecule has 0 fully saturated rings. The molecule has 0 spiro atoms. The first kappa shape index (κ1) is 19.9. The van der Waals surface area contributed by atoms with Crippen molar-refractivity contribution in [3.05, 3.63) is 84.4 Å². The van der Waals surface area contributed by atoms with Gasteiger partial charge in [0.2, 0.25) is 5.17 Å². The third-order valence-corrected chi connectivity index (χ3v) is 5.17. The van der Waals surface area contributed by atoms with Crippen LogP contribution in [0.4, 0.5) is 5.69 Å². The van der Waals surface area contributed by atoms with E-state index in [1.165, 1.54) is 11.8 Å². The maximum Gasteiger partial charge on any atom is 0.202 e. The van der Waals surface area contributed by atoms with E-state index in [4.69, 9.17) is 5.41 Å². The Kier molecular flexibility index (Phi) is 6.29. The maximum atomic E-state index is 10.7. The number of aromatic hydroxyl groups is 1. The van der Waals surface area contributed by atoms with Gasteiger partial charge < -0.3 is 5.11 Å². The van der Waals surface area contributed by atoms with Gasteiger partial charge in [-0.1, -0.05) is 90.6 Å². The number of thioether (sulfide) groups is 1. The molecule has 0 aromatic heterocycles. The second-order valence-electron chi connectivity index (χ2n) is 6.07. The van der Waals surface area contributed by atoms with Gasteiger partial charge in [0.05, 0.1) is 0 Å². The molecule has 0 radical (unpaired) electrons. The number of phenolic OH excluding ortho intramolecular Hbond substituents is 1. The highest BCUT2D eigenvalue weighted by Crippen LogP contribution is 2.42. The first-order valence-corrected chi connectivity index (χ1v) is 9.52. The third kappa shape index (κ3) is 4.01. The lowest BCUT2D eigenvalue weighted by atomic mass is 9.99. The maximum absolute atomic E-state index is 10.7. The van der Waals surface area contributed by atoms with E-state index >= 15 is 0 Å². The number of nitrogens with one attached hydrogen (secondary N) is 1. The third-order valence-electron chi connectivity index (χ3n) is 4.34. The van der Waals surface area contributed by atoms with Crippen molar-refractivity contribution in [2.24, 2.45) is 10.2 Å². The van der Waals surface area contributed by atoms with Crippen LogP contribution in [0.3, 0.4) is 0 Å². The Morgan fingerprint density at radius 2 is 1.32 bits per heavy atom. The number of benzene rings is 4. The molecule has 28 heavy (non-hydrogen) atoms. The zero-order valence-electron chi connectivity index (χ0n) is 14.9. The molecule has 0 saturated carbocycles. The van der Waals surface area contributed by atoms with Crippen LogP contribution in [0.15, 0.2) is 89.1 Å². The predicted molar refractivity (Wildman–Crippen MR) is 120 cm³/mol. The van der Waals surface area contributed by atoms with Gasteiger partial charge in [0.15, 0.2) is 5.75 Å². The molecule has 0 atom stereocenters. The van der Waals surface area contributed by atoms with Crippen molar-refractivity contribution in [3.8, 4) is 5.75 Å². The molecule has 0 aliphatic carbocycles. The van der Waals surface area contributed by atoms with Crippen LogP contribution in [-0.4, -0.2) is 10.3 Å². The molecule has 0 unspecified atom stereocenters. The predicted octanol–water partition coefficient (Wildman–Crippen LogP) is 7.07. The molecule has 0 aliphatic heterocycles. The standard InChI is InChI=1S/C22H17N3OS.ClH/c23-22(27-14-15-8-2-1-3-9-15)25-24-20-18-12-6-4-10-16(18)17-11-5-7-13-19(17)21(20)26;/h1-13,23,26H,14H2;1H. The Morgan fingerprint density at radius 1 is 0.786 bits per heavy atom. The summed E-state index contributed by atoms with van der Waals surface area (Å²) in [4.78, 5) is 0. The number of nitrogens with zero attached hydrogens (tertiary/aromatic N) is 2. The summed E-state index contributed by atoms with van der Waals surface area (Å²) in [6.45, 7) is 0. The molecule has 0 saturated heterocycles. The van der Waals surface area contributed by atoms with Crippen molar-refractivity contribution in [1.82, 2.24) is 0 Å². The van der Waals surface area contributed by atoms with Crippen LogP contribution in [0.1, 0.15) is 5.56 Å². The summed E-state index contributed by atoms with van der Waals surface area (Å²) in [5, 5.41) is 30.7. The lowest BCUT2D eigenvalue weighted by Gasteiger charge is -2.09. The molecule has 4 rings (SSSR count). The van der Waals surface area contributed by atoms with E-state index in [1.54, 1.807) is 0 Å². The van der Waals surface area contributed by atoms with E-state index < -0.39 is 0 Å². The highest BCUT2D eigenvalue weighted by atomic mass is 35.5. The minimum absolute atomic E-state index is 0. The molecule has 0 bridgehead atoms. The average Bonchev–Trinajstić information content (AvgIpc) is 2.73. The number of rotatable bonds is 3. The number of phenols is 1.